The van der Waals surface area contributed by atoms with E-state index in [0.29, 0.717) is 29.3 Å². The van der Waals surface area contributed by atoms with Crippen LogP contribution in [0.1, 0.15) is 44.7 Å². The molecule has 1 N–H and O–H groups in total. The van der Waals surface area contributed by atoms with E-state index in [2.05, 4.69) is 5.32 Å². The maximum atomic E-state index is 13.9. The van der Waals surface area contributed by atoms with Gasteiger partial charge >= 0.3 is 0 Å². The zero-order valence-corrected chi connectivity index (χ0v) is 19.8. The third kappa shape index (κ3) is 7.86. The summed E-state index contributed by atoms with van der Waals surface area (Å²) in [5.74, 6) is -0.0292. The highest BCUT2D eigenvalue weighted by Gasteiger charge is 2.29. The molecule has 0 aliphatic heterocycles. The molecule has 0 aliphatic rings. The van der Waals surface area contributed by atoms with Crippen LogP contribution in [-0.4, -0.2) is 34.6 Å². The first-order valence-corrected chi connectivity index (χ1v) is 12.0. The van der Waals surface area contributed by atoms with Crippen LogP contribution in [0.5, 0.6) is 0 Å². The predicted molar refractivity (Wildman–Crippen MR) is 127 cm³/mol. The van der Waals surface area contributed by atoms with Gasteiger partial charge < -0.3 is 10.2 Å². The highest BCUT2D eigenvalue weighted by molar-refractivity contribution is 7.99. The van der Waals surface area contributed by atoms with Gasteiger partial charge in [0.15, 0.2) is 0 Å². The largest absolute Gasteiger partial charge is 0.352 e. The highest BCUT2D eigenvalue weighted by Crippen LogP contribution is 2.19. The second-order valence-corrected chi connectivity index (χ2v) is 8.90. The molecule has 31 heavy (non-hydrogen) atoms. The number of carbonyl (C=O) groups excluding carboxylic acids is 2. The minimum absolute atomic E-state index is 0.0319. The van der Waals surface area contributed by atoms with Crippen LogP contribution in [0.25, 0.3) is 0 Å². The maximum Gasteiger partial charge on any atom is 0.243 e. The Bertz CT molecular complexity index is 863. The summed E-state index contributed by atoms with van der Waals surface area (Å²) in [6.07, 6.45) is 1.31. The Balaban J connectivity index is 2.14. The Morgan fingerprint density at radius 1 is 1.10 bits per heavy atom. The number of nitrogens with one attached hydrogen (secondary N) is 1. The van der Waals surface area contributed by atoms with Crippen LogP contribution in [0.2, 0.25) is 5.02 Å². The number of hydrogen-bond acceptors (Lipinski definition) is 3. The molecular weight excluding hydrogens is 435 g/mol. The fraction of sp³-hybridized carbons (Fsp3) is 0.417. The molecule has 7 heteroatoms. The smallest absolute Gasteiger partial charge is 0.243 e. The number of rotatable bonds is 11. The van der Waals surface area contributed by atoms with Crippen molar-refractivity contribution in [3.8, 4) is 0 Å². The van der Waals surface area contributed by atoms with Crippen molar-refractivity contribution < 1.29 is 14.0 Å². The van der Waals surface area contributed by atoms with Crippen LogP contribution >= 0.6 is 23.4 Å². The van der Waals surface area contributed by atoms with Gasteiger partial charge in [-0.05, 0) is 49.1 Å². The van der Waals surface area contributed by atoms with Crippen molar-refractivity contribution in [1.29, 1.82) is 0 Å². The van der Waals surface area contributed by atoms with Crippen molar-refractivity contribution >= 4 is 35.2 Å². The Labute approximate surface area is 193 Å². The Hall–Kier alpha value is -2.05. The van der Waals surface area contributed by atoms with E-state index in [-0.39, 0.29) is 29.4 Å². The summed E-state index contributed by atoms with van der Waals surface area (Å²) in [5.41, 5.74) is 1.46. The number of halogens is 2. The van der Waals surface area contributed by atoms with Crippen LogP contribution in [-0.2, 0) is 21.9 Å². The molecule has 0 bridgehead atoms. The fourth-order valence-electron chi connectivity index (χ4n) is 3.09. The molecule has 2 rings (SSSR count). The SMILES string of the molecule is CC[C@@H](C)NC(=O)[C@@H](CC)N(Cc1ccc(Cl)cc1)C(=O)CSCc1ccccc1F. The maximum absolute atomic E-state index is 13.9. The highest BCUT2D eigenvalue weighted by atomic mass is 35.5. The first kappa shape index (κ1) is 25.2. The number of benzene rings is 2. The first-order chi connectivity index (χ1) is 14.8. The zero-order chi connectivity index (χ0) is 22.8. The molecule has 0 heterocycles. The summed E-state index contributed by atoms with van der Waals surface area (Å²) in [6, 6.07) is 13.3. The summed E-state index contributed by atoms with van der Waals surface area (Å²) in [5, 5.41) is 3.60. The van der Waals surface area contributed by atoms with Crippen LogP contribution < -0.4 is 5.32 Å². The number of nitrogens with zero attached hydrogens (tertiary/aromatic N) is 1. The summed E-state index contributed by atoms with van der Waals surface area (Å²) in [6.45, 7) is 6.15. The van der Waals surface area contributed by atoms with Crippen molar-refractivity contribution in [1.82, 2.24) is 10.2 Å². The lowest BCUT2D eigenvalue weighted by atomic mass is 10.1. The molecule has 0 aliphatic carbocycles. The topological polar surface area (TPSA) is 49.4 Å². The number of amides is 2. The molecule has 4 nitrogen and oxygen atoms in total. The van der Waals surface area contributed by atoms with Crippen molar-refractivity contribution in [3.63, 3.8) is 0 Å². The van der Waals surface area contributed by atoms with Gasteiger partial charge in [-0.15, -0.1) is 11.8 Å². The van der Waals surface area contributed by atoms with Gasteiger partial charge in [0.05, 0.1) is 5.75 Å². The van der Waals surface area contributed by atoms with Crippen molar-refractivity contribution in [2.24, 2.45) is 0 Å². The molecular formula is C24H30ClFN2O2S. The molecule has 0 saturated carbocycles. The van der Waals surface area contributed by atoms with Crippen LogP contribution in [0.15, 0.2) is 48.5 Å². The number of thioether (sulfide) groups is 1. The van der Waals surface area contributed by atoms with E-state index in [4.69, 9.17) is 11.6 Å². The second kappa shape index (κ2) is 12.7. The molecule has 0 unspecified atom stereocenters. The first-order valence-electron chi connectivity index (χ1n) is 10.5. The number of carbonyl (C=O) groups is 2. The standard InChI is InChI=1S/C24H30ClFN2O2S/c1-4-17(3)27-24(30)22(5-2)28(14-18-10-12-20(25)13-11-18)23(29)16-31-15-19-8-6-7-9-21(19)26/h6-13,17,22H,4-5,14-16H2,1-3H3,(H,27,30)/t17-,22-/m1/s1. The lowest BCUT2D eigenvalue weighted by Gasteiger charge is -2.31. The van der Waals surface area contributed by atoms with E-state index in [1.165, 1.54) is 17.8 Å². The average molecular weight is 465 g/mol. The Morgan fingerprint density at radius 2 is 1.77 bits per heavy atom. The van der Waals surface area contributed by atoms with E-state index in [1.54, 1.807) is 35.2 Å². The lowest BCUT2D eigenvalue weighted by Crippen LogP contribution is -2.51. The molecule has 2 aromatic carbocycles. The molecule has 0 fully saturated rings. The van der Waals surface area contributed by atoms with E-state index in [0.717, 1.165) is 12.0 Å². The van der Waals surface area contributed by atoms with Gasteiger partial charge in [-0.25, -0.2) is 4.39 Å². The zero-order valence-electron chi connectivity index (χ0n) is 18.2. The van der Waals surface area contributed by atoms with Crippen LogP contribution in [0.3, 0.4) is 0 Å². The monoisotopic (exact) mass is 464 g/mol. The Morgan fingerprint density at radius 3 is 2.39 bits per heavy atom. The molecule has 0 saturated heterocycles. The molecule has 0 aromatic heterocycles. The summed E-state index contributed by atoms with van der Waals surface area (Å²) >= 11 is 7.33. The van der Waals surface area contributed by atoms with Gasteiger partial charge in [0.1, 0.15) is 11.9 Å². The molecule has 0 radical (unpaired) electrons. The minimum Gasteiger partial charge on any atom is -0.352 e. The summed E-state index contributed by atoms with van der Waals surface area (Å²) in [4.78, 5) is 27.7. The molecule has 2 atom stereocenters. The van der Waals surface area contributed by atoms with Gasteiger partial charge in [-0.2, -0.15) is 0 Å². The quantitative estimate of drug-likeness (QED) is 0.482. The average Bonchev–Trinajstić information content (AvgIpc) is 2.76. The van der Waals surface area contributed by atoms with Gasteiger partial charge in [0.25, 0.3) is 0 Å². The predicted octanol–water partition coefficient (Wildman–Crippen LogP) is 5.43. The molecule has 0 spiro atoms. The summed E-state index contributed by atoms with van der Waals surface area (Å²) < 4.78 is 13.9. The third-order valence-corrected chi connectivity index (χ3v) is 6.31. The van der Waals surface area contributed by atoms with Gasteiger partial charge in [-0.1, -0.05) is 55.8 Å². The lowest BCUT2D eigenvalue weighted by molar-refractivity contribution is -0.139. The molecule has 168 valence electrons. The van der Waals surface area contributed by atoms with Gasteiger partial charge in [0, 0.05) is 23.4 Å². The van der Waals surface area contributed by atoms with Gasteiger partial charge in [-0.3, -0.25) is 9.59 Å². The number of hydrogen-bond donors (Lipinski definition) is 1. The van der Waals surface area contributed by atoms with E-state index < -0.39 is 6.04 Å². The van der Waals surface area contributed by atoms with E-state index in [9.17, 15) is 14.0 Å². The third-order valence-electron chi connectivity index (χ3n) is 5.09. The fourth-order valence-corrected chi connectivity index (χ4v) is 4.12. The Kier molecular flexibility index (Phi) is 10.3. The van der Waals surface area contributed by atoms with Crippen molar-refractivity contribution in [2.75, 3.05) is 5.75 Å². The van der Waals surface area contributed by atoms with E-state index in [1.807, 2.05) is 32.9 Å². The van der Waals surface area contributed by atoms with E-state index >= 15 is 0 Å². The minimum atomic E-state index is -0.578. The molecule has 2 aromatic rings. The van der Waals surface area contributed by atoms with Crippen molar-refractivity contribution in [3.05, 3.63) is 70.5 Å². The molecule has 2 amide bonds. The van der Waals surface area contributed by atoms with Crippen LogP contribution in [0, 0.1) is 5.82 Å². The van der Waals surface area contributed by atoms with Crippen molar-refractivity contribution in [2.45, 2.75) is 58.0 Å². The normalized spacial score (nSPS) is 12.8. The van der Waals surface area contributed by atoms with Gasteiger partial charge in [0.2, 0.25) is 11.8 Å². The van der Waals surface area contributed by atoms with Crippen LogP contribution in [0.4, 0.5) is 4.39 Å². The summed E-state index contributed by atoms with van der Waals surface area (Å²) in [7, 11) is 0. The second-order valence-electron chi connectivity index (χ2n) is 7.47.